The van der Waals surface area contributed by atoms with Crippen molar-refractivity contribution < 1.29 is 27.0 Å². The predicted molar refractivity (Wildman–Crippen MR) is 89.6 cm³/mol. The zero-order valence-corrected chi connectivity index (χ0v) is 15.5. The average Bonchev–Trinajstić information content (AvgIpc) is 3.34. The highest BCUT2D eigenvalue weighted by Crippen LogP contribution is 2.65. The van der Waals surface area contributed by atoms with Gasteiger partial charge in [-0.3, -0.25) is 9.59 Å². The molecule has 2 amide bonds. The minimum absolute atomic E-state index is 0.140. The van der Waals surface area contributed by atoms with Crippen LogP contribution in [0.2, 0.25) is 0 Å². The molecule has 6 atom stereocenters. The molecule has 0 spiro atoms. The molecule has 0 aromatic heterocycles. The number of rotatable bonds is 3. The van der Waals surface area contributed by atoms with Crippen LogP contribution < -0.4 is 0 Å². The van der Waals surface area contributed by atoms with Crippen LogP contribution in [0.15, 0.2) is 24.3 Å². The van der Waals surface area contributed by atoms with Crippen molar-refractivity contribution in [1.82, 2.24) is 5.06 Å². The minimum Gasteiger partial charge on any atom is -0.365 e. The first kappa shape index (κ1) is 16.6. The Bertz CT molecular complexity index is 859. The van der Waals surface area contributed by atoms with Crippen molar-refractivity contribution >= 4 is 21.9 Å². The zero-order valence-electron chi connectivity index (χ0n) is 14.7. The van der Waals surface area contributed by atoms with Crippen LogP contribution in [-0.2, 0) is 28.7 Å². The molecule has 3 heterocycles. The first-order valence-electron chi connectivity index (χ1n) is 8.96. The molecule has 8 heteroatoms. The van der Waals surface area contributed by atoms with E-state index in [9.17, 15) is 18.0 Å². The quantitative estimate of drug-likeness (QED) is 0.543. The van der Waals surface area contributed by atoms with Crippen molar-refractivity contribution in [1.29, 1.82) is 0 Å². The van der Waals surface area contributed by atoms with Gasteiger partial charge in [-0.05, 0) is 25.2 Å². The van der Waals surface area contributed by atoms with Crippen LogP contribution in [0, 0.1) is 23.2 Å². The summed E-state index contributed by atoms with van der Waals surface area (Å²) in [7, 11) is -4.20. The van der Waals surface area contributed by atoms with E-state index in [1.54, 1.807) is 12.2 Å². The number of fused-ring (bicyclic) bond motifs is 7. The van der Waals surface area contributed by atoms with Crippen LogP contribution in [0.4, 0.5) is 0 Å². The van der Waals surface area contributed by atoms with E-state index in [1.807, 2.05) is 13.8 Å². The molecule has 4 bridgehead atoms. The van der Waals surface area contributed by atoms with Crippen molar-refractivity contribution in [2.24, 2.45) is 23.2 Å². The molecule has 140 valence electrons. The normalized spacial score (nSPS) is 45.2. The van der Waals surface area contributed by atoms with Crippen LogP contribution in [0.25, 0.3) is 0 Å². The summed E-state index contributed by atoms with van der Waals surface area (Å²) < 4.78 is 36.2. The lowest BCUT2D eigenvalue weighted by atomic mass is 9.73. The summed E-state index contributed by atoms with van der Waals surface area (Å²) in [6.45, 7) is 7.81. The van der Waals surface area contributed by atoms with Gasteiger partial charge in [0.15, 0.2) is 0 Å². The second kappa shape index (κ2) is 4.66. The van der Waals surface area contributed by atoms with Gasteiger partial charge in [0.2, 0.25) is 0 Å². The lowest BCUT2D eigenvalue weighted by Gasteiger charge is -2.41. The van der Waals surface area contributed by atoms with E-state index in [2.05, 4.69) is 6.58 Å². The molecule has 5 aliphatic rings. The third-order valence-corrected chi connectivity index (χ3v) is 9.61. The van der Waals surface area contributed by atoms with Gasteiger partial charge in [-0.2, -0.15) is 8.42 Å². The van der Waals surface area contributed by atoms with Crippen LogP contribution in [0.5, 0.6) is 0 Å². The molecule has 6 unspecified atom stereocenters. The number of carbonyl (C=O) groups is 2. The summed E-state index contributed by atoms with van der Waals surface area (Å²) in [6.07, 6.45) is 4.16. The standard InChI is InChI=1S/C18H21NO6S/c1-9-10-6-7-18(8-10,17(9,2)3)26(22,23)25-19-15(20)13-11-4-5-12(24-11)14(13)16(19)21/h4-5,10-14H,1,6-8H2,2-3H3. The van der Waals surface area contributed by atoms with Gasteiger partial charge in [-0.25, -0.2) is 0 Å². The fourth-order valence-electron chi connectivity index (χ4n) is 5.74. The fourth-order valence-corrected chi connectivity index (χ4v) is 7.75. The van der Waals surface area contributed by atoms with Gasteiger partial charge in [0.25, 0.3) is 21.9 Å². The Morgan fingerprint density at radius 2 is 1.77 bits per heavy atom. The molecule has 0 N–H and O–H groups in total. The molecule has 5 rings (SSSR count). The predicted octanol–water partition coefficient (Wildman–Crippen LogP) is 1.32. The SMILES string of the molecule is C=C1C2CCC(S(=O)(=O)ON3C(=O)C4C5C=CC(O5)C4C3=O)(C2)C1(C)C. The van der Waals surface area contributed by atoms with E-state index < -0.39 is 56.1 Å². The maximum Gasteiger partial charge on any atom is 0.295 e. The van der Waals surface area contributed by atoms with Crippen molar-refractivity contribution in [3.8, 4) is 0 Å². The number of hydrogen-bond acceptors (Lipinski definition) is 6. The second-order valence-corrected chi connectivity index (χ2v) is 10.4. The third-order valence-electron chi connectivity index (χ3n) is 7.43. The van der Waals surface area contributed by atoms with E-state index in [1.165, 1.54) is 0 Å². The minimum atomic E-state index is -4.20. The number of allylic oxidation sites excluding steroid dienone is 1. The lowest BCUT2D eigenvalue weighted by Crippen LogP contribution is -2.51. The van der Waals surface area contributed by atoms with E-state index in [4.69, 9.17) is 9.02 Å². The van der Waals surface area contributed by atoms with Gasteiger partial charge in [-0.1, -0.05) is 38.2 Å². The zero-order chi connectivity index (χ0) is 18.6. The lowest BCUT2D eigenvalue weighted by molar-refractivity contribution is -0.168. The Kier molecular flexibility index (Phi) is 2.98. The maximum atomic E-state index is 13.3. The van der Waals surface area contributed by atoms with Gasteiger partial charge in [0.1, 0.15) is 4.75 Å². The number of carbonyl (C=O) groups excluding carboxylic acids is 2. The van der Waals surface area contributed by atoms with Crippen LogP contribution >= 0.6 is 0 Å². The van der Waals surface area contributed by atoms with E-state index in [-0.39, 0.29) is 5.92 Å². The number of amides is 2. The van der Waals surface area contributed by atoms with Crippen molar-refractivity contribution in [2.75, 3.05) is 0 Å². The fraction of sp³-hybridized carbons (Fsp3) is 0.667. The first-order valence-corrected chi connectivity index (χ1v) is 10.4. The summed E-state index contributed by atoms with van der Waals surface area (Å²) in [5.41, 5.74) is 0.239. The van der Waals surface area contributed by atoms with Crippen LogP contribution in [0.3, 0.4) is 0 Å². The van der Waals surface area contributed by atoms with Crippen molar-refractivity contribution in [2.45, 2.75) is 50.1 Å². The molecular weight excluding hydrogens is 358 g/mol. The first-order chi connectivity index (χ1) is 12.1. The summed E-state index contributed by atoms with van der Waals surface area (Å²) in [4.78, 5) is 25.4. The monoisotopic (exact) mass is 379 g/mol. The van der Waals surface area contributed by atoms with Gasteiger partial charge in [-0.15, -0.1) is 9.35 Å². The van der Waals surface area contributed by atoms with Crippen molar-refractivity contribution in [3.63, 3.8) is 0 Å². The van der Waals surface area contributed by atoms with Gasteiger partial charge >= 0.3 is 0 Å². The van der Waals surface area contributed by atoms with Gasteiger partial charge in [0, 0.05) is 5.41 Å². The van der Waals surface area contributed by atoms with E-state index in [0.29, 0.717) is 17.9 Å². The molecule has 26 heavy (non-hydrogen) atoms. The number of hydroxylamine groups is 2. The molecule has 4 fully saturated rings. The molecule has 2 aliphatic carbocycles. The summed E-state index contributed by atoms with van der Waals surface area (Å²) >= 11 is 0. The largest absolute Gasteiger partial charge is 0.365 e. The number of ether oxygens (including phenoxy) is 1. The maximum absolute atomic E-state index is 13.3. The molecule has 3 aliphatic heterocycles. The summed E-state index contributed by atoms with van der Waals surface area (Å²) in [5, 5.41) is 0.486. The molecule has 2 saturated carbocycles. The Balaban J connectivity index is 1.48. The molecule has 0 radical (unpaired) electrons. The molecule has 0 aromatic rings. The molecule has 7 nitrogen and oxygen atoms in total. The van der Waals surface area contributed by atoms with Crippen molar-refractivity contribution in [3.05, 3.63) is 24.3 Å². The number of hydrogen-bond donors (Lipinski definition) is 0. The van der Waals surface area contributed by atoms with Gasteiger partial charge < -0.3 is 4.74 Å². The smallest absolute Gasteiger partial charge is 0.295 e. The van der Waals surface area contributed by atoms with Crippen LogP contribution in [-0.4, -0.2) is 42.3 Å². The molecule has 2 saturated heterocycles. The topological polar surface area (TPSA) is 90.0 Å². The average molecular weight is 379 g/mol. The third kappa shape index (κ3) is 1.64. The number of nitrogens with zero attached hydrogens (tertiary/aromatic N) is 1. The highest BCUT2D eigenvalue weighted by Gasteiger charge is 2.69. The summed E-state index contributed by atoms with van der Waals surface area (Å²) in [6, 6.07) is 0. The highest BCUT2D eigenvalue weighted by molar-refractivity contribution is 7.88. The molecular formula is C18H21NO6S. The molecule has 0 aromatic carbocycles. The Hall–Kier alpha value is -1.51. The Morgan fingerprint density at radius 3 is 2.27 bits per heavy atom. The summed E-state index contributed by atoms with van der Waals surface area (Å²) in [5.74, 6) is -2.48. The van der Waals surface area contributed by atoms with E-state index in [0.717, 1.165) is 12.0 Å². The highest BCUT2D eigenvalue weighted by atomic mass is 32.2. The van der Waals surface area contributed by atoms with Crippen LogP contribution in [0.1, 0.15) is 33.1 Å². The van der Waals surface area contributed by atoms with Gasteiger partial charge in [0.05, 0.1) is 24.0 Å². The van der Waals surface area contributed by atoms with E-state index >= 15 is 0 Å². The number of imide groups is 1. The Morgan fingerprint density at radius 1 is 1.19 bits per heavy atom. The Labute approximate surface area is 152 Å². The second-order valence-electron chi connectivity index (χ2n) is 8.59.